The molecule has 2 aromatic carbocycles. The van der Waals surface area contributed by atoms with E-state index in [1.807, 2.05) is 67.6 Å². The van der Waals surface area contributed by atoms with Crippen molar-refractivity contribution in [2.75, 3.05) is 16.8 Å². The first-order valence-electron chi connectivity index (χ1n) is 9.20. The van der Waals surface area contributed by atoms with E-state index in [0.717, 1.165) is 27.2 Å². The molecule has 0 atom stereocenters. The third kappa shape index (κ3) is 5.07. The fourth-order valence-electron chi connectivity index (χ4n) is 2.61. The molecule has 0 fully saturated rings. The second-order valence-electron chi connectivity index (χ2n) is 5.97. The van der Waals surface area contributed by atoms with Gasteiger partial charge in [-0.25, -0.2) is 9.67 Å². The minimum absolute atomic E-state index is 0.165. The van der Waals surface area contributed by atoms with Crippen molar-refractivity contribution in [2.24, 2.45) is 0 Å². The molecule has 10 heteroatoms. The number of carbonyl (C=O) groups is 1. The molecule has 0 aliphatic carbocycles. The zero-order valence-corrected chi connectivity index (χ0v) is 18.5. The molecule has 2 aromatic heterocycles. The van der Waals surface area contributed by atoms with E-state index in [1.165, 1.54) is 23.1 Å². The second kappa shape index (κ2) is 9.88. The van der Waals surface area contributed by atoms with Crippen LogP contribution in [0.25, 0.3) is 17.1 Å². The first-order chi connectivity index (χ1) is 14.7. The summed E-state index contributed by atoms with van der Waals surface area (Å²) < 4.78 is 2.64. The molecule has 7 nitrogen and oxygen atoms in total. The second-order valence-corrected chi connectivity index (χ2v) is 9.41. The maximum atomic E-state index is 12.3. The molecule has 1 N–H and O–H groups in total. The number of hydrogen-bond acceptors (Lipinski definition) is 8. The number of anilines is 1. The number of para-hydroxylation sites is 1. The maximum absolute atomic E-state index is 12.3. The van der Waals surface area contributed by atoms with E-state index in [4.69, 9.17) is 0 Å². The van der Waals surface area contributed by atoms with Crippen LogP contribution in [0.2, 0.25) is 0 Å². The largest absolute Gasteiger partial charge is 0.300 e. The summed E-state index contributed by atoms with van der Waals surface area (Å²) in [7, 11) is 0. The number of aromatic nitrogens is 5. The third-order valence-corrected chi connectivity index (χ3v) is 6.57. The molecule has 2 heterocycles. The predicted octanol–water partition coefficient (Wildman–Crippen LogP) is 4.63. The zero-order valence-electron chi connectivity index (χ0n) is 16.1. The Morgan fingerprint density at radius 2 is 1.77 bits per heavy atom. The lowest BCUT2D eigenvalue weighted by Crippen LogP contribution is -2.14. The summed E-state index contributed by atoms with van der Waals surface area (Å²) in [4.78, 5) is 17.0. The van der Waals surface area contributed by atoms with E-state index in [-0.39, 0.29) is 11.7 Å². The van der Waals surface area contributed by atoms with Crippen LogP contribution in [0.5, 0.6) is 0 Å². The quantitative estimate of drug-likeness (QED) is 0.307. The van der Waals surface area contributed by atoms with E-state index in [9.17, 15) is 4.79 Å². The van der Waals surface area contributed by atoms with Crippen LogP contribution in [-0.4, -0.2) is 42.4 Å². The van der Waals surface area contributed by atoms with Crippen molar-refractivity contribution in [3.05, 3.63) is 60.7 Å². The first kappa shape index (κ1) is 20.6. The van der Waals surface area contributed by atoms with Gasteiger partial charge in [-0.2, -0.15) is 0 Å². The molecule has 4 aromatic rings. The lowest BCUT2D eigenvalue weighted by atomic mass is 10.2. The van der Waals surface area contributed by atoms with Crippen LogP contribution in [0.3, 0.4) is 0 Å². The van der Waals surface area contributed by atoms with Gasteiger partial charge in [-0.1, -0.05) is 90.3 Å². The molecule has 0 radical (unpaired) electrons. The number of nitrogens with one attached hydrogen (secondary N) is 1. The van der Waals surface area contributed by atoms with Crippen LogP contribution >= 0.6 is 34.9 Å². The topological polar surface area (TPSA) is 85.6 Å². The van der Waals surface area contributed by atoms with E-state index in [2.05, 4.69) is 25.6 Å². The van der Waals surface area contributed by atoms with Crippen molar-refractivity contribution < 1.29 is 4.79 Å². The molecule has 4 rings (SSSR count). The number of hydrogen-bond donors (Lipinski definition) is 1. The van der Waals surface area contributed by atoms with Crippen molar-refractivity contribution in [1.82, 2.24) is 25.0 Å². The van der Waals surface area contributed by atoms with E-state index in [1.54, 1.807) is 16.4 Å². The Labute approximate surface area is 186 Å². The molecule has 0 unspecified atom stereocenters. The van der Waals surface area contributed by atoms with Gasteiger partial charge in [-0.3, -0.25) is 10.1 Å². The molecule has 0 spiro atoms. The van der Waals surface area contributed by atoms with Crippen LogP contribution in [-0.2, 0) is 4.79 Å². The van der Waals surface area contributed by atoms with Gasteiger partial charge in [-0.15, -0.1) is 15.3 Å². The molecule has 30 heavy (non-hydrogen) atoms. The van der Waals surface area contributed by atoms with Gasteiger partial charge in [0.1, 0.15) is 0 Å². The molecular formula is C20H18N6OS3. The van der Waals surface area contributed by atoms with Crippen molar-refractivity contribution in [3.63, 3.8) is 0 Å². The minimum atomic E-state index is -0.165. The Kier molecular flexibility index (Phi) is 6.77. The van der Waals surface area contributed by atoms with Crippen LogP contribution in [0, 0.1) is 0 Å². The van der Waals surface area contributed by atoms with Crippen LogP contribution in [0.4, 0.5) is 5.13 Å². The summed E-state index contributed by atoms with van der Waals surface area (Å²) in [5.41, 5.74) is 1.87. The summed E-state index contributed by atoms with van der Waals surface area (Å²) >= 11 is 4.26. The number of rotatable bonds is 8. The van der Waals surface area contributed by atoms with Gasteiger partial charge < -0.3 is 0 Å². The summed E-state index contributed by atoms with van der Waals surface area (Å²) in [6.45, 7) is 2.05. The van der Waals surface area contributed by atoms with Crippen molar-refractivity contribution >= 4 is 45.9 Å². The maximum Gasteiger partial charge on any atom is 0.236 e. The minimum Gasteiger partial charge on any atom is -0.300 e. The average molecular weight is 455 g/mol. The molecule has 0 bridgehead atoms. The summed E-state index contributed by atoms with van der Waals surface area (Å²) in [5.74, 6) is 1.66. The summed E-state index contributed by atoms with van der Waals surface area (Å²) in [6, 6.07) is 19.7. The molecule has 1 amide bonds. The average Bonchev–Trinajstić information content (AvgIpc) is 3.41. The Morgan fingerprint density at radius 3 is 2.50 bits per heavy atom. The van der Waals surface area contributed by atoms with Crippen LogP contribution < -0.4 is 5.32 Å². The highest BCUT2D eigenvalue weighted by molar-refractivity contribution is 8.01. The normalized spacial score (nSPS) is 10.8. The van der Waals surface area contributed by atoms with Gasteiger partial charge in [0.25, 0.3) is 0 Å². The lowest BCUT2D eigenvalue weighted by Gasteiger charge is -2.05. The Hall–Kier alpha value is -2.69. The predicted molar refractivity (Wildman–Crippen MR) is 122 cm³/mol. The number of carbonyl (C=O) groups excluding carboxylic acids is 1. The zero-order chi connectivity index (χ0) is 20.8. The summed E-state index contributed by atoms with van der Waals surface area (Å²) in [6.07, 6.45) is 0. The Bertz CT molecular complexity index is 1060. The highest BCUT2D eigenvalue weighted by Gasteiger charge is 2.16. The first-order valence-corrected chi connectivity index (χ1v) is 12.0. The monoisotopic (exact) mass is 454 g/mol. The van der Waals surface area contributed by atoms with E-state index >= 15 is 0 Å². The van der Waals surface area contributed by atoms with E-state index in [0.29, 0.717) is 10.3 Å². The number of benzene rings is 2. The van der Waals surface area contributed by atoms with Gasteiger partial charge >= 0.3 is 0 Å². The Morgan fingerprint density at radius 1 is 1.03 bits per heavy atom. The standard InChI is InChI=1S/C20H18N6OS3/c1-2-28-20-24-23-18(30-20)21-16(27)13-29-19-22-17(14-9-5-3-6-10-14)26(25-19)15-11-7-4-8-12-15/h3-12H,2,13H2,1H3,(H,21,23,27). The molecule has 0 saturated carbocycles. The SMILES string of the molecule is CCSc1nnc(NC(=O)CSc2nc(-c3ccccc3)n(-c3ccccc3)n2)s1. The van der Waals surface area contributed by atoms with Gasteiger partial charge in [-0.05, 0) is 17.9 Å². The van der Waals surface area contributed by atoms with Crippen molar-refractivity contribution in [2.45, 2.75) is 16.4 Å². The third-order valence-electron chi connectivity index (χ3n) is 3.87. The summed E-state index contributed by atoms with van der Waals surface area (Å²) in [5, 5.41) is 16.5. The molecular weight excluding hydrogens is 436 g/mol. The number of amides is 1. The molecule has 0 aliphatic heterocycles. The van der Waals surface area contributed by atoms with Crippen LogP contribution in [0.1, 0.15) is 6.92 Å². The smallest absolute Gasteiger partial charge is 0.236 e. The lowest BCUT2D eigenvalue weighted by molar-refractivity contribution is -0.113. The number of nitrogens with zero attached hydrogens (tertiary/aromatic N) is 5. The molecule has 0 saturated heterocycles. The number of thioether (sulfide) groups is 2. The Balaban J connectivity index is 1.49. The highest BCUT2D eigenvalue weighted by Crippen LogP contribution is 2.26. The fourth-order valence-corrected chi connectivity index (χ4v) is 4.89. The molecule has 152 valence electrons. The van der Waals surface area contributed by atoms with Gasteiger partial charge in [0, 0.05) is 5.56 Å². The van der Waals surface area contributed by atoms with Gasteiger partial charge in [0.05, 0.1) is 11.4 Å². The molecule has 0 aliphatic rings. The van der Waals surface area contributed by atoms with Crippen molar-refractivity contribution in [3.8, 4) is 17.1 Å². The van der Waals surface area contributed by atoms with Gasteiger partial charge in [0.2, 0.25) is 16.2 Å². The highest BCUT2D eigenvalue weighted by atomic mass is 32.2. The van der Waals surface area contributed by atoms with E-state index < -0.39 is 0 Å². The fraction of sp³-hybridized carbons (Fsp3) is 0.150. The van der Waals surface area contributed by atoms with Gasteiger partial charge in [0.15, 0.2) is 10.2 Å². The van der Waals surface area contributed by atoms with Crippen LogP contribution in [0.15, 0.2) is 70.2 Å². The van der Waals surface area contributed by atoms with Crippen molar-refractivity contribution in [1.29, 1.82) is 0 Å².